The van der Waals surface area contributed by atoms with Gasteiger partial charge in [0, 0.05) is 38.4 Å². The van der Waals surface area contributed by atoms with E-state index in [2.05, 4.69) is 35.3 Å². The van der Waals surface area contributed by atoms with E-state index in [1.807, 2.05) is 37.3 Å². The number of carbonyl (C=O) groups excluding carboxylic acids is 1. The number of piperazine rings is 1. The molecule has 6 nitrogen and oxygen atoms in total. The molecule has 0 bridgehead atoms. The number of carbonyl (C=O) groups is 1. The minimum atomic E-state index is -3.30. The van der Waals surface area contributed by atoms with Gasteiger partial charge in [-0.25, -0.2) is 8.42 Å². The molecule has 0 spiro atoms. The zero-order valence-electron chi connectivity index (χ0n) is 17.8. The highest BCUT2D eigenvalue weighted by atomic mass is 32.2. The molecular formula is C23H31N3O3S. The number of nitrogens with zero attached hydrogens (tertiary/aromatic N) is 2. The first-order chi connectivity index (χ1) is 14.3. The third kappa shape index (κ3) is 6.31. The molecule has 0 aliphatic carbocycles. The standard InChI is InChI=1S/C23H31N3O3S/c1-19-6-3-8-21(16-19)18-23(27)24-10-5-15-30(28,29)26-13-11-25(12-14-26)22-9-4-7-20(2)17-22/h3-4,6-9,16-17H,5,10-15,18H2,1-2H3,(H,24,27). The first-order valence-corrected chi connectivity index (χ1v) is 12.1. The van der Waals surface area contributed by atoms with Crippen molar-refractivity contribution in [1.29, 1.82) is 0 Å². The van der Waals surface area contributed by atoms with Crippen molar-refractivity contribution >= 4 is 21.6 Å². The van der Waals surface area contributed by atoms with Crippen molar-refractivity contribution in [3.63, 3.8) is 0 Å². The van der Waals surface area contributed by atoms with Crippen LogP contribution in [0.2, 0.25) is 0 Å². The van der Waals surface area contributed by atoms with Crippen molar-refractivity contribution in [2.45, 2.75) is 26.7 Å². The average Bonchev–Trinajstić information content (AvgIpc) is 2.71. The van der Waals surface area contributed by atoms with Gasteiger partial charge in [-0.1, -0.05) is 42.0 Å². The van der Waals surface area contributed by atoms with Gasteiger partial charge in [-0.15, -0.1) is 0 Å². The molecule has 30 heavy (non-hydrogen) atoms. The third-order valence-electron chi connectivity index (χ3n) is 5.35. The fourth-order valence-corrected chi connectivity index (χ4v) is 5.22. The van der Waals surface area contributed by atoms with Crippen molar-refractivity contribution in [2.24, 2.45) is 0 Å². The molecule has 1 heterocycles. The minimum Gasteiger partial charge on any atom is -0.369 e. The van der Waals surface area contributed by atoms with Crippen molar-refractivity contribution in [3.8, 4) is 0 Å². The van der Waals surface area contributed by atoms with Crippen LogP contribution in [0.3, 0.4) is 0 Å². The normalized spacial score (nSPS) is 15.2. The second-order valence-corrected chi connectivity index (χ2v) is 10.00. The average molecular weight is 430 g/mol. The lowest BCUT2D eigenvalue weighted by Crippen LogP contribution is -2.49. The van der Waals surface area contributed by atoms with E-state index < -0.39 is 10.0 Å². The Morgan fingerprint density at radius 2 is 1.63 bits per heavy atom. The van der Waals surface area contributed by atoms with Gasteiger partial charge in [0.1, 0.15) is 0 Å². The van der Waals surface area contributed by atoms with Gasteiger partial charge in [0.2, 0.25) is 15.9 Å². The lowest BCUT2D eigenvalue weighted by molar-refractivity contribution is -0.120. The second kappa shape index (κ2) is 10.1. The number of aryl methyl sites for hydroxylation is 2. The molecule has 1 aliphatic rings. The van der Waals surface area contributed by atoms with Gasteiger partial charge >= 0.3 is 0 Å². The number of amides is 1. The van der Waals surface area contributed by atoms with Crippen LogP contribution in [-0.4, -0.2) is 57.1 Å². The summed E-state index contributed by atoms with van der Waals surface area (Å²) in [6.07, 6.45) is 0.731. The lowest BCUT2D eigenvalue weighted by Gasteiger charge is -2.35. The maximum Gasteiger partial charge on any atom is 0.224 e. The highest BCUT2D eigenvalue weighted by Gasteiger charge is 2.26. The quantitative estimate of drug-likeness (QED) is 0.655. The Bertz CT molecular complexity index is 967. The van der Waals surface area contributed by atoms with Gasteiger partial charge in [-0.3, -0.25) is 4.79 Å². The van der Waals surface area contributed by atoms with Crippen molar-refractivity contribution in [1.82, 2.24) is 9.62 Å². The second-order valence-electron chi connectivity index (χ2n) is 7.91. The summed E-state index contributed by atoms with van der Waals surface area (Å²) < 4.78 is 26.9. The topological polar surface area (TPSA) is 69.7 Å². The number of hydrogen-bond donors (Lipinski definition) is 1. The number of hydrogen-bond acceptors (Lipinski definition) is 4. The van der Waals surface area contributed by atoms with Gasteiger partial charge in [-0.05, 0) is 43.5 Å². The van der Waals surface area contributed by atoms with Crippen molar-refractivity contribution in [2.75, 3.05) is 43.4 Å². The maximum absolute atomic E-state index is 12.7. The largest absolute Gasteiger partial charge is 0.369 e. The zero-order chi connectivity index (χ0) is 21.6. The van der Waals surface area contributed by atoms with Gasteiger partial charge in [0.25, 0.3) is 0 Å². The lowest BCUT2D eigenvalue weighted by atomic mass is 10.1. The zero-order valence-corrected chi connectivity index (χ0v) is 18.6. The maximum atomic E-state index is 12.7. The van der Waals surface area contributed by atoms with Crippen LogP contribution >= 0.6 is 0 Å². The molecule has 0 unspecified atom stereocenters. The Balaban J connectivity index is 1.40. The smallest absolute Gasteiger partial charge is 0.224 e. The molecule has 7 heteroatoms. The fourth-order valence-electron chi connectivity index (χ4n) is 3.73. The van der Waals surface area contributed by atoms with Crippen LogP contribution in [0.1, 0.15) is 23.1 Å². The van der Waals surface area contributed by atoms with Crippen LogP contribution in [0.5, 0.6) is 0 Å². The number of nitrogens with one attached hydrogen (secondary N) is 1. The number of anilines is 1. The predicted octanol–water partition coefficient (Wildman–Crippen LogP) is 2.50. The molecular weight excluding hydrogens is 398 g/mol. The highest BCUT2D eigenvalue weighted by molar-refractivity contribution is 7.89. The Hall–Kier alpha value is -2.38. The molecule has 0 saturated carbocycles. The molecule has 1 N–H and O–H groups in total. The summed E-state index contributed by atoms with van der Waals surface area (Å²) in [4.78, 5) is 14.3. The monoisotopic (exact) mass is 429 g/mol. The van der Waals surface area contributed by atoms with E-state index in [1.165, 1.54) is 5.56 Å². The highest BCUT2D eigenvalue weighted by Crippen LogP contribution is 2.19. The number of benzene rings is 2. The molecule has 1 aliphatic heterocycles. The molecule has 1 amide bonds. The predicted molar refractivity (Wildman–Crippen MR) is 121 cm³/mol. The Morgan fingerprint density at radius 1 is 0.967 bits per heavy atom. The molecule has 1 fully saturated rings. The third-order valence-corrected chi connectivity index (χ3v) is 7.30. The summed E-state index contributed by atoms with van der Waals surface area (Å²) in [7, 11) is -3.30. The summed E-state index contributed by atoms with van der Waals surface area (Å²) in [6.45, 7) is 6.79. The molecule has 0 aromatic heterocycles. The van der Waals surface area contributed by atoms with E-state index in [0.717, 1.165) is 16.8 Å². The van der Waals surface area contributed by atoms with Gasteiger partial charge in [0.15, 0.2) is 0 Å². The summed E-state index contributed by atoms with van der Waals surface area (Å²) in [5, 5.41) is 2.83. The summed E-state index contributed by atoms with van der Waals surface area (Å²) in [5.74, 6) is -0.0212. The van der Waals surface area contributed by atoms with Gasteiger partial charge in [-0.2, -0.15) is 4.31 Å². The molecule has 0 atom stereocenters. The van der Waals surface area contributed by atoms with Crippen LogP contribution in [-0.2, 0) is 21.2 Å². The molecule has 2 aromatic rings. The molecule has 162 valence electrons. The van der Waals surface area contributed by atoms with Crippen LogP contribution in [0.15, 0.2) is 48.5 Å². The molecule has 2 aromatic carbocycles. The van der Waals surface area contributed by atoms with E-state index >= 15 is 0 Å². The van der Waals surface area contributed by atoms with Crippen molar-refractivity contribution in [3.05, 3.63) is 65.2 Å². The Morgan fingerprint density at radius 3 is 2.30 bits per heavy atom. The summed E-state index contributed by atoms with van der Waals surface area (Å²) in [5.41, 5.74) is 4.43. The first kappa shape index (κ1) is 22.3. The SMILES string of the molecule is Cc1cccc(CC(=O)NCCCS(=O)(=O)N2CCN(c3cccc(C)c3)CC2)c1. The molecule has 3 rings (SSSR count). The van der Waals surface area contributed by atoms with E-state index in [9.17, 15) is 13.2 Å². The fraction of sp³-hybridized carbons (Fsp3) is 0.435. The number of sulfonamides is 1. The van der Waals surface area contributed by atoms with Gasteiger partial charge in [0.05, 0.1) is 12.2 Å². The van der Waals surface area contributed by atoms with E-state index in [-0.39, 0.29) is 11.7 Å². The first-order valence-electron chi connectivity index (χ1n) is 10.5. The Labute approximate surface area is 179 Å². The molecule has 1 saturated heterocycles. The minimum absolute atomic E-state index is 0.0577. The van der Waals surface area contributed by atoms with Crippen LogP contribution in [0.25, 0.3) is 0 Å². The van der Waals surface area contributed by atoms with Crippen LogP contribution < -0.4 is 10.2 Å². The van der Waals surface area contributed by atoms with Gasteiger partial charge < -0.3 is 10.2 Å². The van der Waals surface area contributed by atoms with Crippen molar-refractivity contribution < 1.29 is 13.2 Å². The van der Waals surface area contributed by atoms with Crippen LogP contribution in [0, 0.1) is 13.8 Å². The summed E-state index contributed by atoms with van der Waals surface area (Å²) >= 11 is 0. The Kier molecular flexibility index (Phi) is 7.50. The van der Waals surface area contributed by atoms with E-state index in [4.69, 9.17) is 0 Å². The van der Waals surface area contributed by atoms with Crippen LogP contribution in [0.4, 0.5) is 5.69 Å². The number of rotatable bonds is 8. The molecule has 0 radical (unpaired) electrons. The van der Waals surface area contributed by atoms with E-state index in [1.54, 1.807) is 4.31 Å². The van der Waals surface area contributed by atoms with E-state index in [0.29, 0.717) is 45.6 Å². The summed E-state index contributed by atoms with van der Waals surface area (Å²) in [6, 6.07) is 16.1.